The van der Waals surface area contributed by atoms with E-state index in [1.54, 1.807) is 0 Å². The van der Waals surface area contributed by atoms with Crippen LogP contribution in [0.25, 0.3) is 0 Å². The predicted octanol–water partition coefficient (Wildman–Crippen LogP) is 2.07. The monoisotopic (exact) mass is 219 g/mol. The van der Waals surface area contributed by atoms with Crippen LogP contribution in [0.4, 0.5) is 18.9 Å². The van der Waals surface area contributed by atoms with Gasteiger partial charge in [0.05, 0.1) is 18.2 Å². The van der Waals surface area contributed by atoms with E-state index in [0.29, 0.717) is 0 Å². The third-order valence-electron chi connectivity index (χ3n) is 1.79. The van der Waals surface area contributed by atoms with E-state index in [0.717, 1.165) is 19.2 Å². The third kappa shape index (κ3) is 2.20. The second-order valence-corrected chi connectivity index (χ2v) is 2.76. The molecule has 0 spiro atoms. The SMILES string of the molecule is COC(=O)c1c(N)cccc1C(F)(F)F. The standard InChI is InChI=1S/C9H8F3NO2/c1-15-8(14)7-5(9(10,11)12)3-2-4-6(7)13/h2-4H,13H2,1H3. The number of ether oxygens (including phenoxy) is 1. The summed E-state index contributed by atoms with van der Waals surface area (Å²) in [5.41, 5.74) is 3.31. The van der Waals surface area contributed by atoms with Crippen LogP contribution in [0.1, 0.15) is 15.9 Å². The molecule has 82 valence electrons. The van der Waals surface area contributed by atoms with E-state index in [4.69, 9.17) is 5.73 Å². The Morgan fingerprint density at radius 3 is 2.47 bits per heavy atom. The molecule has 0 radical (unpaired) electrons. The van der Waals surface area contributed by atoms with Crippen molar-refractivity contribution in [3.63, 3.8) is 0 Å². The Morgan fingerprint density at radius 2 is 2.00 bits per heavy atom. The Kier molecular flexibility index (Phi) is 2.88. The van der Waals surface area contributed by atoms with Gasteiger partial charge >= 0.3 is 12.1 Å². The molecule has 2 N–H and O–H groups in total. The molecular weight excluding hydrogens is 211 g/mol. The number of anilines is 1. The number of carbonyl (C=O) groups excluding carboxylic acids is 1. The summed E-state index contributed by atoms with van der Waals surface area (Å²) in [6.45, 7) is 0. The molecule has 0 heterocycles. The molecule has 0 atom stereocenters. The molecule has 6 heteroatoms. The lowest BCUT2D eigenvalue weighted by atomic mass is 10.1. The number of esters is 1. The van der Waals surface area contributed by atoms with Gasteiger partial charge in [-0.3, -0.25) is 0 Å². The number of benzene rings is 1. The molecule has 0 amide bonds. The van der Waals surface area contributed by atoms with Crippen LogP contribution >= 0.6 is 0 Å². The van der Waals surface area contributed by atoms with Gasteiger partial charge in [0.2, 0.25) is 0 Å². The van der Waals surface area contributed by atoms with E-state index in [9.17, 15) is 18.0 Å². The van der Waals surface area contributed by atoms with Crippen molar-refractivity contribution in [3.05, 3.63) is 29.3 Å². The second kappa shape index (κ2) is 3.80. The minimum absolute atomic E-state index is 0.253. The second-order valence-electron chi connectivity index (χ2n) is 2.76. The topological polar surface area (TPSA) is 52.3 Å². The molecule has 1 aromatic carbocycles. The maximum atomic E-state index is 12.5. The molecule has 0 aliphatic carbocycles. The van der Waals surface area contributed by atoms with Crippen LogP contribution in [-0.4, -0.2) is 13.1 Å². The number of nitrogen functional groups attached to an aromatic ring is 1. The molecule has 1 aromatic rings. The van der Waals surface area contributed by atoms with Crippen LogP contribution in [0.2, 0.25) is 0 Å². The Bertz CT molecular complexity index is 387. The highest BCUT2D eigenvalue weighted by Crippen LogP contribution is 2.34. The number of carbonyl (C=O) groups is 1. The molecule has 0 aliphatic rings. The summed E-state index contributed by atoms with van der Waals surface area (Å²) in [7, 11) is 0.995. The van der Waals surface area contributed by atoms with Gasteiger partial charge in [0.15, 0.2) is 0 Å². The summed E-state index contributed by atoms with van der Waals surface area (Å²) in [5, 5.41) is 0. The van der Waals surface area contributed by atoms with Crippen LogP contribution in [-0.2, 0) is 10.9 Å². The third-order valence-corrected chi connectivity index (χ3v) is 1.79. The molecule has 3 nitrogen and oxygen atoms in total. The molecule has 0 aliphatic heterocycles. The average molecular weight is 219 g/mol. The molecule has 0 saturated heterocycles. The van der Waals surface area contributed by atoms with Crippen molar-refractivity contribution in [3.8, 4) is 0 Å². The van der Waals surface area contributed by atoms with Gasteiger partial charge in [-0.2, -0.15) is 13.2 Å². The van der Waals surface area contributed by atoms with E-state index in [2.05, 4.69) is 4.74 Å². The lowest BCUT2D eigenvalue weighted by Gasteiger charge is -2.12. The van der Waals surface area contributed by atoms with E-state index < -0.39 is 23.3 Å². The molecule has 0 bridgehead atoms. The number of halogens is 3. The molecule has 0 saturated carbocycles. The van der Waals surface area contributed by atoms with Crippen molar-refractivity contribution in [1.82, 2.24) is 0 Å². The summed E-state index contributed by atoms with van der Waals surface area (Å²) in [6.07, 6.45) is -4.63. The van der Waals surface area contributed by atoms with E-state index in [1.807, 2.05) is 0 Å². The van der Waals surface area contributed by atoms with Crippen molar-refractivity contribution < 1.29 is 22.7 Å². The summed E-state index contributed by atoms with van der Waals surface area (Å²) < 4.78 is 41.6. The van der Waals surface area contributed by atoms with Crippen LogP contribution in [0.15, 0.2) is 18.2 Å². The van der Waals surface area contributed by atoms with Crippen LogP contribution in [0.5, 0.6) is 0 Å². The zero-order valence-electron chi connectivity index (χ0n) is 7.76. The zero-order valence-corrected chi connectivity index (χ0v) is 7.76. The first-order chi connectivity index (χ1) is 6.88. The highest BCUT2D eigenvalue weighted by atomic mass is 19.4. The van der Waals surface area contributed by atoms with Crippen molar-refractivity contribution in [2.24, 2.45) is 0 Å². The van der Waals surface area contributed by atoms with Gasteiger partial charge in [-0.1, -0.05) is 6.07 Å². The molecular formula is C9H8F3NO2. The van der Waals surface area contributed by atoms with Crippen LogP contribution in [0, 0.1) is 0 Å². The fourth-order valence-electron chi connectivity index (χ4n) is 1.14. The highest BCUT2D eigenvalue weighted by Gasteiger charge is 2.36. The first-order valence-corrected chi connectivity index (χ1v) is 3.92. The summed E-state index contributed by atoms with van der Waals surface area (Å²) in [4.78, 5) is 11.1. The number of hydrogen-bond donors (Lipinski definition) is 1. The fourth-order valence-corrected chi connectivity index (χ4v) is 1.14. The van der Waals surface area contributed by atoms with Gasteiger partial charge in [-0.25, -0.2) is 4.79 Å². The molecule has 0 aromatic heterocycles. The van der Waals surface area contributed by atoms with Crippen molar-refractivity contribution >= 4 is 11.7 Å². The smallest absolute Gasteiger partial charge is 0.417 e. The Balaban J connectivity index is 3.40. The van der Waals surface area contributed by atoms with Gasteiger partial charge in [0.1, 0.15) is 0 Å². The maximum Gasteiger partial charge on any atom is 0.417 e. The largest absolute Gasteiger partial charge is 0.465 e. The lowest BCUT2D eigenvalue weighted by Crippen LogP contribution is -2.16. The molecule has 1 rings (SSSR count). The summed E-state index contributed by atoms with van der Waals surface area (Å²) in [5.74, 6) is -1.10. The predicted molar refractivity (Wildman–Crippen MR) is 47.2 cm³/mol. The number of alkyl halides is 3. The van der Waals surface area contributed by atoms with Gasteiger partial charge in [0.25, 0.3) is 0 Å². The lowest BCUT2D eigenvalue weighted by molar-refractivity contribution is -0.138. The highest BCUT2D eigenvalue weighted by molar-refractivity contribution is 5.96. The molecule has 15 heavy (non-hydrogen) atoms. The normalized spacial score (nSPS) is 11.2. The number of methoxy groups -OCH3 is 1. The van der Waals surface area contributed by atoms with Gasteiger partial charge in [-0.05, 0) is 12.1 Å². The zero-order chi connectivity index (χ0) is 11.6. The van der Waals surface area contributed by atoms with E-state index in [1.165, 1.54) is 6.07 Å². The maximum absolute atomic E-state index is 12.5. The number of rotatable bonds is 1. The minimum atomic E-state index is -4.63. The first kappa shape index (κ1) is 11.4. The van der Waals surface area contributed by atoms with Crippen molar-refractivity contribution in [1.29, 1.82) is 0 Å². The van der Waals surface area contributed by atoms with Crippen LogP contribution < -0.4 is 5.73 Å². The number of hydrogen-bond acceptors (Lipinski definition) is 3. The molecule has 0 fully saturated rings. The average Bonchev–Trinajstić information content (AvgIpc) is 2.15. The minimum Gasteiger partial charge on any atom is -0.465 e. The summed E-state index contributed by atoms with van der Waals surface area (Å²) in [6, 6.07) is 3.12. The van der Waals surface area contributed by atoms with E-state index >= 15 is 0 Å². The Morgan fingerprint density at radius 1 is 1.40 bits per heavy atom. The Hall–Kier alpha value is -1.72. The van der Waals surface area contributed by atoms with E-state index in [-0.39, 0.29) is 5.69 Å². The van der Waals surface area contributed by atoms with Crippen molar-refractivity contribution in [2.75, 3.05) is 12.8 Å². The summed E-state index contributed by atoms with van der Waals surface area (Å²) >= 11 is 0. The fraction of sp³-hybridized carbons (Fsp3) is 0.222. The van der Waals surface area contributed by atoms with Gasteiger partial charge in [0, 0.05) is 5.69 Å². The number of nitrogens with two attached hydrogens (primary N) is 1. The molecule has 0 unspecified atom stereocenters. The van der Waals surface area contributed by atoms with Crippen LogP contribution in [0.3, 0.4) is 0 Å². The van der Waals surface area contributed by atoms with Gasteiger partial charge < -0.3 is 10.5 Å². The van der Waals surface area contributed by atoms with Gasteiger partial charge in [-0.15, -0.1) is 0 Å². The quantitative estimate of drug-likeness (QED) is 0.581. The first-order valence-electron chi connectivity index (χ1n) is 3.92. The Labute approximate surface area is 83.6 Å². The van der Waals surface area contributed by atoms with Crippen molar-refractivity contribution in [2.45, 2.75) is 6.18 Å².